The lowest BCUT2D eigenvalue weighted by Gasteiger charge is -2.19. The van der Waals surface area contributed by atoms with Crippen LogP contribution in [-0.4, -0.2) is 23.6 Å². The molecule has 2 aromatic rings. The van der Waals surface area contributed by atoms with Crippen molar-refractivity contribution in [1.29, 1.82) is 0 Å². The van der Waals surface area contributed by atoms with Crippen molar-refractivity contribution in [3.05, 3.63) is 59.7 Å². The zero-order valence-electron chi connectivity index (χ0n) is 15.4. The summed E-state index contributed by atoms with van der Waals surface area (Å²) in [5.41, 5.74) is 1.23. The van der Waals surface area contributed by atoms with Gasteiger partial charge in [0.15, 0.2) is 0 Å². The molecule has 0 aliphatic heterocycles. The van der Waals surface area contributed by atoms with E-state index in [4.69, 9.17) is 4.74 Å². The van der Waals surface area contributed by atoms with Crippen LogP contribution in [0, 0.1) is 0 Å². The Morgan fingerprint density at radius 1 is 1.12 bits per heavy atom. The maximum absolute atomic E-state index is 12.3. The lowest BCUT2D eigenvalue weighted by atomic mass is 9.85. The summed E-state index contributed by atoms with van der Waals surface area (Å²) in [6, 6.07) is 14.4. The van der Waals surface area contributed by atoms with Gasteiger partial charge in [0, 0.05) is 5.69 Å². The van der Waals surface area contributed by atoms with Crippen molar-refractivity contribution in [1.82, 2.24) is 0 Å². The van der Waals surface area contributed by atoms with Gasteiger partial charge in [-0.2, -0.15) is 0 Å². The molecule has 1 amide bonds. The lowest BCUT2D eigenvalue weighted by molar-refractivity contribution is -0.142. The first-order valence-electron chi connectivity index (χ1n) is 8.68. The van der Waals surface area contributed by atoms with Gasteiger partial charge in [-0.1, -0.05) is 31.2 Å². The van der Waals surface area contributed by atoms with Crippen LogP contribution in [0.4, 0.5) is 5.69 Å². The minimum absolute atomic E-state index is 0.136. The second kappa shape index (κ2) is 8.52. The minimum Gasteiger partial charge on any atom is -0.494 e. The first-order valence-corrected chi connectivity index (χ1v) is 8.68. The van der Waals surface area contributed by atoms with Gasteiger partial charge in [0.1, 0.15) is 5.75 Å². The van der Waals surface area contributed by atoms with Crippen LogP contribution >= 0.6 is 0 Å². The maximum Gasteiger partial charge on any atom is 0.313 e. The van der Waals surface area contributed by atoms with Crippen LogP contribution in [-0.2, 0) is 21.4 Å². The molecule has 138 valence electrons. The Balaban J connectivity index is 1.99. The molecule has 0 aliphatic carbocycles. The van der Waals surface area contributed by atoms with Gasteiger partial charge < -0.3 is 15.2 Å². The number of carboxylic acid groups (broad SMARTS) is 1. The highest BCUT2D eigenvalue weighted by Gasteiger charge is 2.29. The fraction of sp³-hybridized carbons (Fsp3) is 0.333. The number of ether oxygens (including phenoxy) is 1. The maximum atomic E-state index is 12.3. The third-order valence-corrected chi connectivity index (χ3v) is 4.16. The van der Waals surface area contributed by atoms with E-state index in [2.05, 4.69) is 5.32 Å². The average molecular weight is 355 g/mol. The van der Waals surface area contributed by atoms with Crippen LogP contribution in [0.5, 0.6) is 5.75 Å². The number of hydrogen-bond donors (Lipinski definition) is 2. The van der Waals surface area contributed by atoms with Crippen molar-refractivity contribution < 1.29 is 19.4 Å². The SMILES string of the molecule is CCCOc1cccc(CC(=O)Nc2ccc(C(C)(C)C(=O)O)cc2)c1. The summed E-state index contributed by atoms with van der Waals surface area (Å²) < 4.78 is 5.58. The number of rotatable bonds is 8. The van der Waals surface area contributed by atoms with E-state index in [9.17, 15) is 14.7 Å². The number of anilines is 1. The molecule has 2 N–H and O–H groups in total. The van der Waals surface area contributed by atoms with Gasteiger partial charge in [0.25, 0.3) is 0 Å². The first-order chi connectivity index (χ1) is 12.3. The van der Waals surface area contributed by atoms with Crippen molar-refractivity contribution in [3.63, 3.8) is 0 Å². The van der Waals surface area contributed by atoms with Crippen molar-refractivity contribution >= 4 is 17.6 Å². The highest BCUT2D eigenvalue weighted by Crippen LogP contribution is 2.25. The summed E-state index contributed by atoms with van der Waals surface area (Å²) in [5.74, 6) is -0.264. The fourth-order valence-electron chi connectivity index (χ4n) is 2.45. The van der Waals surface area contributed by atoms with E-state index in [1.807, 2.05) is 31.2 Å². The zero-order valence-corrected chi connectivity index (χ0v) is 15.4. The van der Waals surface area contributed by atoms with Crippen LogP contribution in [0.15, 0.2) is 48.5 Å². The normalized spacial score (nSPS) is 11.0. The van der Waals surface area contributed by atoms with Gasteiger partial charge >= 0.3 is 5.97 Å². The van der Waals surface area contributed by atoms with Crippen molar-refractivity contribution in [2.45, 2.75) is 39.0 Å². The Bertz CT molecular complexity index is 766. The van der Waals surface area contributed by atoms with E-state index in [1.54, 1.807) is 38.1 Å². The molecule has 2 aromatic carbocycles. The molecular weight excluding hydrogens is 330 g/mol. The van der Waals surface area contributed by atoms with Crippen LogP contribution in [0.2, 0.25) is 0 Å². The molecule has 0 aliphatic rings. The topological polar surface area (TPSA) is 75.6 Å². The Kier molecular flexibility index (Phi) is 6.39. The van der Waals surface area contributed by atoms with Gasteiger partial charge in [-0.25, -0.2) is 0 Å². The van der Waals surface area contributed by atoms with Crippen LogP contribution in [0.3, 0.4) is 0 Å². The summed E-state index contributed by atoms with van der Waals surface area (Å²) in [7, 11) is 0. The number of hydrogen-bond acceptors (Lipinski definition) is 3. The predicted molar refractivity (Wildman–Crippen MR) is 102 cm³/mol. The van der Waals surface area contributed by atoms with Gasteiger partial charge in [0.2, 0.25) is 5.91 Å². The fourth-order valence-corrected chi connectivity index (χ4v) is 2.45. The van der Waals surface area contributed by atoms with E-state index in [0.717, 1.165) is 17.7 Å². The number of carboxylic acids is 1. The Morgan fingerprint density at radius 3 is 2.42 bits per heavy atom. The molecule has 26 heavy (non-hydrogen) atoms. The van der Waals surface area contributed by atoms with E-state index in [1.165, 1.54) is 0 Å². The highest BCUT2D eigenvalue weighted by atomic mass is 16.5. The van der Waals surface area contributed by atoms with Crippen LogP contribution < -0.4 is 10.1 Å². The molecule has 0 saturated heterocycles. The average Bonchev–Trinajstić information content (AvgIpc) is 2.60. The molecule has 0 bridgehead atoms. The summed E-state index contributed by atoms with van der Waals surface area (Å²) in [5, 5.41) is 12.1. The minimum atomic E-state index is -0.971. The van der Waals surface area contributed by atoms with Crippen LogP contribution in [0.1, 0.15) is 38.3 Å². The third-order valence-electron chi connectivity index (χ3n) is 4.16. The molecule has 0 atom stereocenters. The van der Waals surface area contributed by atoms with Crippen molar-refractivity contribution in [3.8, 4) is 5.75 Å². The number of carbonyl (C=O) groups is 2. The standard InChI is InChI=1S/C21H25NO4/c1-4-12-26-18-7-5-6-15(13-18)14-19(23)22-17-10-8-16(9-11-17)21(2,3)20(24)25/h5-11,13H,4,12,14H2,1-3H3,(H,22,23)(H,24,25). The van der Waals surface area contributed by atoms with Crippen molar-refractivity contribution in [2.75, 3.05) is 11.9 Å². The smallest absolute Gasteiger partial charge is 0.313 e. The number of nitrogens with one attached hydrogen (secondary N) is 1. The molecule has 0 aromatic heterocycles. The van der Waals surface area contributed by atoms with Gasteiger partial charge in [-0.3, -0.25) is 9.59 Å². The van der Waals surface area contributed by atoms with E-state index < -0.39 is 11.4 Å². The molecule has 0 unspecified atom stereocenters. The monoisotopic (exact) mass is 355 g/mol. The van der Waals surface area contributed by atoms with E-state index in [-0.39, 0.29) is 12.3 Å². The number of carbonyl (C=O) groups excluding carboxylic acids is 1. The summed E-state index contributed by atoms with van der Waals surface area (Å²) in [4.78, 5) is 23.6. The van der Waals surface area contributed by atoms with Gasteiger partial charge in [-0.05, 0) is 55.7 Å². The Hall–Kier alpha value is -2.82. The van der Waals surface area contributed by atoms with Gasteiger partial charge in [0.05, 0.1) is 18.4 Å². The van der Waals surface area contributed by atoms with Crippen molar-refractivity contribution in [2.24, 2.45) is 0 Å². The predicted octanol–water partition coefficient (Wildman–Crippen LogP) is 4.02. The van der Waals surface area contributed by atoms with E-state index in [0.29, 0.717) is 17.9 Å². The summed E-state index contributed by atoms with van der Waals surface area (Å²) in [6.45, 7) is 5.99. The molecule has 2 rings (SSSR count). The molecular formula is C21H25NO4. The summed E-state index contributed by atoms with van der Waals surface area (Å²) in [6.07, 6.45) is 1.17. The quantitative estimate of drug-likeness (QED) is 0.750. The Morgan fingerprint density at radius 2 is 1.81 bits per heavy atom. The number of aliphatic carboxylic acids is 1. The number of amides is 1. The second-order valence-corrected chi connectivity index (χ2v) is 6.73. The zero-order chi connectivity index (χ0) is 19.2. The molecule has 0 spiro atoms. The second-order valence-electron chi connectivity index (χ2n) is 6.73. The molecule has 0 heterocycles. The molecule has 0 fully saturated rings. The largest absolute Gasteiger partial charge is 0.494 e. The van der Waals surface area contributed by atoms with E-state index >= 15 is 0 Å². The third kappa shape index (κ3) is 5.09. The Labute approximate surface area is 154 Å². The number of benzene rings is 2. The molecule has 5 heteroatoms. The molecule has 0 radical (unpaired) electrons. The first kappa shape index (κ1) is 19.5. The summed E-state index contributed by atoms with van der Waals surface area (Å²) >= 11 is 0. The molecule has 0 saturated carbocycles. The lowest BCUT2D eigenvalue weighted by Crippen LogP contribution is -2.28. The van der Waals surface area contributed by atoms with Crippen LogP contribution in [0.25, 0.3) is 0 Å². The molecule has 5 nitrogen and oxygen atoms in total. The highest BCUT2D eigenvalue weighted by molar-refractivity contribution is 5.92. The van der Waals surface area contributed by atoms with Gasteiger partial charge in [-0.15, -0.1) is 0 Å².